The lowest BCUT2D eigenvalue weighted by atomic mass is 10.0. The number of hydrogen-bond donors (Lipinski definition) is 2. The Balaban J connectivity index is 2.00. The molecule has 2 N–H and O–H groups in total. The van der Waals surface area contributed by atoms with Crippen LogP contribution in [0, 0.1) is 13.8 Å². The Morgan fingerprint density at radius 1 is 1.15 bits per heavy atom. The van der Waals surface area contributed by atoms with Gasteiger partial charge in [0.15, 0.2) is 17.9 Å². The molecule has 0 radical (unpaired) electrons. The van der Waals surface area contributed by atoms with Crippen molar-refractivity contribution < 1.29 is 14.3 Å². The first-order valence-corrected chi connectivity index (χ1v) is 8.43. The normalized spacial score (nSPS) is 11.1. The molecule has 4 aromatic rings. The van der Waals surface area contributed by atoms with Crippen LogP contribution in [-0.4, -0.2) is 22.2 Å². The van der Waals surface area contributed by atoms with E-state index in [4.69, 9.17) is 9.15 Å². The fraction of sp³-hybridized carbons (Fsp3) is 0.143. The first kappa shape index (κ1) is 16.9. The van der Waals surface area contributed by atoms with Gasteiger partial charge in [0.05, 0.1) is 35.5 Å². The molecule has 2 aromatic carbocycles. The lowest BCUT2D eigenvalue weighted by Crippen LogP contribution is -2.06. The second kappa shape index (κ2) is 6.32. The number of aryl methyl sites for hydroxylation is 2. The molecule has 0 unspecified atom stereocenters. The Bertz CT molecular complexity index is 1210. The predicted molar refractivity (Wildman–Crippen MR) is 103 cm³/mol. The van der Waals surface area contributed by atoms with E-state index >= 15 is 0 Å². The summed E-state index contributed by atoms with van der Waals surface area (Å²) in [6.07, 6.45) is 2.85. The first-order valence-electron chi connectivity index (χ1n) is 8.43. The molecule has 4 rings (SSSR count). The fourth-order valence-electron chi connectivity index (χ4n) is 3.12. The monoisotopic (exact) mass is 362 g/mol. The molecule has 0 aliphatic heterocycles. The summed E-state index contributed by atoms with van der Waals surface area (Å²) in [6.45, 7) is 4.00. The number of oxazole rings is 1. The third-order valence-electron chi connectivity index (χ3n) is 4.79. The van der Waals surface area contributed by atoms with E-state index in [2.05, 4.69) is 9.97 Å². The highest BCUT2D eigenvalue weighted by molar-refractivity contribution is 5.90. The number of rotatable bonds is 3. The molecule has 6 heteroatoms. The van der Waals surface area contributed by atoms with Gasteiger partial charge in [-0.2, -0.15) is 0 Å². The summed E-state index contributed by atoms with van der Waals surface area (Å²) in [6, 6.07) is 9.13. The number of methoxy groups -OCH3 is 1. The average molecular weight is 362 g/mol. The van der Waals surface area contributed by atoms with E-state index in [0.717, 1.165) is 16.7 Å². The molecule has 27 heavy (non-hydrogen) atoms. The van der Waals surface area contributed by atoms with Gasteiger partial charge in [-0.25, -0.2) is 4.98 Å². The third-order valence-corrected chi connectivity index (χ3v) is 4.79. The summed E-state index contributed by atoms with van der Waals surface area (Å²) in [4.78, 5) is 19.9. The Kier molecular flexibility index (Phi) is 3.96. The number of hydrogen-bond acceptors (Lipinski definition) is 5. The molecule has 0 saturated carbocycles. The maximum absolute atomic E-state index is 12.8. The van der Waals surface area contributed by atoms with E-state index in [9.17, 15) is 9.90 Å². The molecule has 136 valence electrons. The quantitative estimate of drug-likeness (QED) is 0.571. The first-order chi connectivity index (χ1) is 13.0. The van der Waals surface area contributed by atoms with Crippen molar-refractivity contribution in [1.29, 1.82) is 0 Å². The topological polar surface area (TPSA) is 88.4 Å². The van der Waals surface area contributed by atoms with Gasteiger partial charge in [-0.05, 0) is 37.1 Å². The zero-order valence-electron chi connectivity index (χ0n) is 15.2. The maximum atomic E-state index is 12.8. The van der Waals surface area contributed by atoms with Crippen molar-refractivity contribution in [2.45, 2.75) is 13.8 Å². The summed E-state index contributed by atoms with van der Waals surface area (Å²) in [7, 11) is 1.55. The number of fused-ring (bicyclic) bond motifs is 1. The van der Waals surface area contributed by atoms with Gasteiger partial charge in [0, 0.05) is 11.6 Å². The summed E-state index contributed by atoms with van der Waals surface area (Å²) in [5.41, 5.74) is 4.03. The van der Waals surface area contributed by atoms with E-state index < -0.39 is 5.43 Å². The Morgan fingerprint density at radius 2 is 1.96 bits per heavy atom. The van der Waals surface area contributed by atoms with E-state index in [1.54, 1.807) is 25.4 Å². The van der Waals surface area contributed by atoms with Gasteiger partial charge in [0.1, 0.15) is 5.75 Å². The molecule has 0 aliphatic rings. The number of benzene rings is 2. The second-order valence-electron chi connectivity index (χ2n) is 6.44. The minimum absolute atomic E-state index is 0.320. The van der Waals surface area contributed by atoms with Gasteiger partial charge in [0.25, 0.3) is 0 Å². The smallest absolute Gasteiger partial charge is 0.231 e. The number of aromatic nitrogens is 2. The highest BCUT2D eigenvalue weighted by Gasteiger charge is 2.17. The van der Waals surface area contributed by atoms with Gasteiger partial charge >= 0.3 is 0 Å². The summed E-state index contributed by atoms with van der Waals surface area (Å²) < 4.78 is 10.8. The third kappa shape index (κ3) is 2.75. The van der Waals surface area contributed by atoms with Crippen molar-refractivity contribution in [3.05, 3.63) is 64.3 Å². The van der Waals surface area contributed by atoms with Crippen LogP contribution in [0.3, 0.4) is 0 Å². The summed E-state index contributed by atoms with van der Waals surface area (Å²) in [5, 5.41) is 10.9. The fourth-order valence-corrected chi connectivity index (χ4v) is 3.12. The van der Waals surface area contributed by atoms with Crippen molar-refractivity contribution >= 4 is 10.9 Å². The Hall–Kier alpha value is -3.54. The highest BCUT2D eigenvalue weighted by atomic mass is 16.5. The van der Waals surface area contributed by atoms with E-state index in [-0.39, 0.29) is 5.75 Å². The van der Waals surface area contributed by atoms with Crippen molar-refractivity contribution in [3.8, 4) is 34.1 Å². The van der Waals surface area contributed by atoms with Crippen LogP contribution < -0.4 is 10.2 Å². The molecule has 0 aliphatic carbocycles. The number of aromatic amines is 1. The van der Waals surface area contributed by atoms with Crippen LogP contribution >= 0.6 is 0 Å². The molecule has 2 heterocycles. The van der Waals surface area contributed by atoms with Gasteiger partial charge in [-0.3, -0.25) is 4.79 Å². The van der Waals surface area contributed by atoms with Crippen LogP contribution in [0.15, 0.2) is 52.1 Å². The van der Waals surface area contributed by atoms with Crippen LogP contribution in [0.4, 0.5) is 0 Å². The predicted octanol–water partition coefficient (Wildman–Crippen LogP) is 4.18. The van der Waals surface area contributed by atoms with Gasteiger partial charge in [-0.1, -0.05) is 12.1 Å². The minimum atomic E-state index is -0.458. The van der Waals surface area contributed by atoms with Gasteiger partial charge in [-0.15, -0.1) is 0 Å². The molecule has 0 spiro atoms. The minimum Gasteiger partial charge on any atom is -0.503 e. The lowest BCUT2D eigenvalue weighted by molar-refractivity contribution is 0.415. The van der Waals surface area contributed by atoms with Crippen molar-refractivity contribution in [2.75, 3.05) is 7.11 Å². The van der Waals surface area contributed by atoms with E-state index in [1.165, 1.54) is 6.39 Å². The zero-order valence-corrected chi connectivity index (χ0v) is 15.2. The van der Waals surface area contributed by atoms with Crippen LogP contribution in [0.2, 0.25) is 0 Å². The number of H-pyrrole nitrogens is 1. The summed E-state index contributed by atoms with van der Waals surface area (Å²) in [5.74, 6) is 0.692. The van der Waals surface area contributed by atoms with Crippen LogP contribution in [0.1, 0.15) is 11.1 Å². The second-order valence-corrected chi connectivity index (χ2v) is 6.44. The summed E-state index contributed by atoms with van der Waals surface area (Å²) >= 11 is 0. The van der Waals surface area contributed by atoms with E-state index in [1.807, 2.05) is 32.0 Å². The van der Waals surface area contributed by atoms with Gasteiger partial charge in [0.2, 0.25) is 5.43 Å². The van der Waals surface area contributed by atoms with E-state index in [0.29, 0.717) is 33.7 Å². The van der Waals surface area contributed by atoms with Gasteiger partial charge < -0.3 is 19.2 Å². The number of aromatic hydroxyl groups is 1. The molecule has 2 aromatic heterocycles. The van der Waals surface area contributed by atoms with Crippen molar-refractivity contribution in [3.63, 3.8) is 0 Å². The molecule has 0 saturated heterocycles. The molecule has 0 fully saturated rings. The number of nitrogens with zero attached hydrogens (tertiary/aromatic N) is 1. The average Bonchev–Trinajstić information content (AvgIpc) is 3.20. The number of ether oxygens (including phenoxy) is 1. The largest absolute Gasteiger partial charge is 0.503 e. The number of nitrogens with one attached hydrogen (secondary N) is 1. The van der Waals surface area contributed by atoms with Crippen LogP contribution in [0.5, 0.6) is 11.5 Å². The standard InChI is InChI=1S/C21H18N2O4/c1-11-4-5-13(6-12(11)2)19-21(25)20(24)14-7-15(18-9-22-10-27-18)17(26-3)8-16(14)23-19/h4-10,25H,1-3H3,(H,23,24). The van der Waals surface area contributed by atoms with Crippen molar-refractivity contribution in [2.24, 2.45) is 0 Å². The highest BCUT2D eigenvalue weighted by Crippen LogP contribution is 2.35. The SMILES string of the molecule is COc1cc2[nH]c(-c3ccc(C)c(C)c3)c(O)c(=O)c2cc1-c1cnco1. The molecular weight excluding hydrogens is 344 g/mol. The number of pyridine rings is 1. The lowest BCUT2D eigenvalue weighted by Gasteiger charge is -2.12. The Labute approximate surface area is 155 Å². The molecule has 0 atom stereocenters. The zero-order chi connectivity index (χ0) is 19.1. The maximum Gasteiger partial charge on any atom is 0.231 e. The van der Waals surface area contributed by atoms with Crippen molar-refractivity contribution in [1.82, 2.24) is 9.97 Å². The molecule has 6 nitrogen and oxygen atoms in total. The van der Waals surface area contributed by atoms with Crippen LogP contribution in [0.25, 0.3) is 33.5 Å². The molecular formula is C21H18N2O4. The molecule has 0 amide bonds. The molecule has 0 bridgehead atoms. The Morgan fingerprint density at radius 3 is 2.63 bits per heavy atom. The van der Waals surface area contributed by atoms with Crippen LogP contribution in [-0.2, 0) is 0 Å².